The van der Waals surface area contributed by atoms with Crippen molar-refractivity contribution in [2.24, 2.45) is 11.8 Å². The van der Waals surface area contributed by atoms with Crippen molar-refractivity contribution in [3.63, 3.8) is 0 Å². The Balaban J connectivity index is 1.56. The largest absolute Gasteiger partial charge is 0.278 e. The van der Waals surface area contributed by atoms with E-state index in [-0.39, 0.29) is 29.6 Å². The lowest BCUT2D eigenvalue weighted by Gasteiger charge is -2.36. The average Bonchev–Trinajstić information content (AvgIpc) is 2.68. The first kappa shape index (κ1) is 14.2. The molecule has 3 nitrogen and oxygen atoms in total. The fraction of sp³-hybridized carbons (Fsp3) is 0.300. The molecule has 1 saturated heterocycles. The summed E-state index contributed by atoms with van der Waals surface area (Å²) in [5, 5.41) is 0. The second kappa shape index (κ2) is 5.34. The number of likely N-dealkylation sites (tertiary alicyclic amines) is 1. The van der Waals surface area contributed by atoms with Crippen molar-refractivity contribution in [1.82, 2.24) is 4.90 Å². The van der Waals surface area contributed by atoms with Crippen LogP contribution in [0.2, 0.25) is 0 Å². The van der Waals surface area contributed by atoms with Gasteiger partial charge in [0, 0.05) is 0 Å². The second-order valence-corrected chi connectivity index (χ2v) is 6.64. The first-order valence-electron chi connectivity index (χ1n) is 8.11. The summed E-state index contributed by atoms with van der Waals surface area (Å²) in [5.41, 5.74) is 3.39. The van der Waals surface area contributed by atoms with E-state index in [0.29, 0.717) is 6.54 Å². The average molecular weight is 305 g/mol. The lowest BCUT2D eigenvalue weighted by Crippen LogP contribution is -2.37. The van der Waals surface area contributed by atoms with E-state index in [1.54, 1.807) is 0 Å². The third kappa shape index (κ3) is 2.27. The van der Waals surface area contributed by atoms with E-state index < -0.39 is 0 Å². The van der Waals surface area contributed by atoms with Gasteiger partial charge in [-0.3, -0.25) is 14.5 Å². The third-order valence-corrected chi connectivity index (χ3v) is 5.16. The number of nitrogens with zero attached hydrogens (tertiary/aromatic N) is 1. The number of fused-ring (bicyclic) bond motifs is 1. The predicted molar refractivity (Wildman–Crippen MR) is 87.5 cm³/mol. The number of carbonyl (C=O) groups is 2. The van der Waals surface area contributed by atoms with E-state index in [2.05, 4.69) is 25.1 Å². The van der Waals surface area contributed by atoms with Crippen LogP contribution in [0, 0.1) is 18.8 Å². The molecule has 1 aliphatic heterocycles. The van der Waals surface area contributed by atoms with Crippen molar-refractivity contribution in [3.8, 4) is 0 Å². The summed E-state index contributed by atoms with van der Waals surface area (Å²) in [6.07, 6.45) is 0.796. The molecule has 1 saturated carbocycles. The number of imide groups is 1. The Morgan fingerprint density at radius 2 is 1.74 bits per heavy atom. The van der Waals surface area contributed by atoms with E-state index in [0.717, 1.165) is 12.0 Å². The van der Waals surface area contributed by atoms with Crippen LogP contribution in [0.25, 0.3) is 0 Å². The van der Waals surface area contributed by atoms with Gasteiger partial charge < -0.3 is 0 Å². The normalized spacial score (nSPS) is 26.1. The highest BCUT2D eigenvalue weighted by Crippen LogP contribution is 2.52. The van der Waals surface area contributed by atoms with Crippen LogP contribution in [-0.4, -0.2) is 16.7 Å². The van der Waals surface area contributed by atoms with E-state index in [1.807, 2.05) is 36.4 Å². The third-order valence-electron chi connectivity index (χ3n) is 5.16. The summed E-state index contributed by atoms with van der Waals surface area (Å²) in [6, 6.07) is 18.0. The van der Waals surface area contributed by atoms with Gasteiger partial charge in [-0.25, -0.2) is 0 Å². The van der Waals surface area contributed by atoms with Crippen LogP contribution in [0.15, 0.2) is 54.6 Å². The molecule has 4 rings (SSSR count). The molecular weight excluding hydrogens is 286 g/mol. The van der Waals surface area contributed by atoms with Crippen LogP contribution in [-0.2, 0) is 16.1 Å². The number of amides is 2. The summed E-state index contributed by atoms with van der Waals surface area (Å²) in [5.74, 6) is -0.0729. The predicted octanol–water partition coefficient (Wildman–Crippen LogP) is 3.28. The molecule has 2 fully saturated rings. The summed E-state index contributed by atoms with van der Waals surface area (Å²) in [6.45, 7) is 2.45. The van der Waals surface area contributed by atoms with Gasteiger partial charge in [-0.1, -0.05) is 60.2 Å². The fourth-order valence-corrected chi connectivity index (χ4v) is 3.90. The van der Waals surface area contributed by atoms with Crippen molar-refractivity contribution in [1.29, 1.82) is 0 Å². The Morgan fingerprint density at radius 1 is 0.957 bits per heavy atom. The van der Waals surface area contributed by atoms with Crippen LogP contribution < -0.4 is 0 Å². The van der Waals surface area contributed by atoms with Gasteiger partial charge in [0.15, 0.2) is 0 Å². The smallest absolute Gasteiger partial charge is 0.234 e. The summed E-state index contributed by atoms with van der Waals surface area (Å²) in [4.78, 5) is 26.7. The molecule has 23 heavy (non-hydrogen) atoms. The highest BCUT2D eigenvalue weighted by Gasteiger charge is 2.58. The fourth-order valence-electron chi connectivity index (χ4n) is 3.90. The van der Waals surface area contributed by atoms with E-state index in [9.17, 15) is 9.59 Å². The summed E-state index contributed by atoms with van der Waals surface area (Å²) in [7, 11) is 0. The lowest BCUT2D eigenvalue weighted by molar-refractivity contribution is -0.140. The Kier molecular flexibility index (Phi) is 3.29. The Bertz CT molecular complexity index is 768. The van der Waals surface area contributed by atoms with Crippen LogP contribution in [0.4, 0.5) is 0 Å². The monoisotopic (exact) mass is 305 g/mol. The van der Waals surface area contributed by atoms with Crippen LogP contribution in [0.3, 0.4) is 0 Å². The molecular formula is C20H19NO2. The van der Waals surface area contributed by atoms with Crippen molar-refractivity contribution in [2.45, 2.75) is 25.8 Å². The zero-order valence-electron chi connectivity index (χ0n) is 13.1. The highest BCUT2D eigenvalue weighted by molar-refractivity contribution is 6.07. The van der Waals surface area contributed by atoms with Crippen molar-refractivity contribution >= 4 is 11.8 Å². The summed E-state index contributed by atoms with van der Waals surface area (Å²) >= 11 is 0. The molecule has 0 unspecified atom stereocenters. The number of hydrogen-bond donors (Lipinski definition) is 0. The van der Waals surface area contributed by atoms with Gasteiger partial charge in [-0.05, 0) is 30.4 Å². The number of carbonyl (C=O) groups excluding carboxylic acids is 2. The Morgan fingerprint density at radius 3 is 2.48 bits per heavy atom. The minimum Gasteiger partial charge on any atom is -0.278 e. The Hall–Kier alpha value is -2.42. The molecule has 2 amide bonds. The molecule has 2 aromatic carbocycles. The standard InChI is InChI=1S/C20H19NO2/c1-13-6-5-9-15(10-13)16-11-17-18(16)20(23)21(19(17)22)12-14-7-3-2-4-8-14/h2-10,16-18H,11-12H2,1H3/t16-,17+,18-/m1/s1. The first-order valence-corrected chi connectivity index (χ1v) is 8.11. The van der Waals surface area contributed by atoms with Crippen molar-refractivity contribution in [2.75, 3.05) is 0 Å². The molecule has 1 heterocycles. The quantitative estimate of drug-likeness (QED) is 0.816. The molecule has 0 radical (unpaired) electrons. The maximum Gasteiger partial charge on any atom is 0.234 e. The lowest BCUT2D eigenvalue weighted by atomic mass is 9.63. The molecule has 116 valence electrons. The minimum atomic E-state index is -0.159. The topological polar surface area (TPSA) is 37.4 Å². The van der Waals surface area contributed by atoms with Gasteiger partial charge in [0.1, 0.15) is 0 Å². The van der Waals surface area contributed by atoms with Gasteiger partial charge >= 0.3 is 0 Å². The van der Waals surface area contributed by atoms with Gasteiger partial charge in [-0.2, -0.15) is 0 Å². The second-order valence-electron chi connectivity index (χ2n) is 6.64. The van der Waals surface area contributed by atoms with Crippen LogP contribution in [0.1, 0.15) is 29.0 Å². The molecule has 0 bridgehead atoms. The van der Waals surface area contributed by atoms with Gasteiger partial charge in [0.25, 0.3) is 0 Å². The number of rotatable bonds is 3. The Labute approximate surface area is 135 Å². The first-order chi connectivity index (χ1) is 11.1. The maximum atomic E-state index is 12.8. The van der Waals surface area contributed by atoms with E-state index in [1.165, 1.54) is 16.0 Å². The molecule has 0 N–H and O–H groups in total. The minimum absolute atomic E-state index is 0.00149. The van der Waals surface area contributed by atoms with Crippen LogP contribution >= 0.6 is 0 Å². The zero-order valence-corrected chi connectivity index (χ0v) is 13.1. The van der Waals surface area contributed by atoms with E-state index >= 15 is 0 Å². The highest BCUT2D eigenvalue weighted by atomic mass is 16.2. The van der Waals surface area contributed by atoms with Crippen molar-refractivity contribution < 1.29 is 9.59 Å². The van der Waals surface area contributed by atoms with E-state index in [4.69, 9.17) is 0 Å². The number of aryl methyl sites for hydroxylation is 1. The SMILES string of the molecule is Cc1cccc([C@H]2C[C@@H]3C(=O)N(Cc4ccccc4)C(=O)[C@@H]32)c1. The van der Waals surface area contributed by atoms with Crippen LogP contribution in [0.5, 0.6) is 0 Å². The molecule has 3 heteroatoms. The van der Waals surface area contributed by atoms with Gasteiger partial charge in [0.05, 0.1) is 18.4 Å². The zero-order chi connectivity index (χ0) is 16.0. The van der Waals surface area contributed by atoms with Gasteiger partial charge in [-0.15, -0.1) is 0 Å². The molecule has 0 spiro atoms. The molecule has 3 atom stereocenters. The van der Waals surface area contributed by atoms with Gasteiger partial charge in [0.2, 0.25) is 11.8 Å². The molecule has 2 aromatic rings. The summed E-state index contributed by atoms with van der Waals surface area (Å²) < 4.78 is 0. The molecule has 1 aliphatic carbocycles. The number of benzene rings is 2. The maximum absolute atomic E-state index is 12.8. The molecule has 2 aliphatic rings. The number of hydrogen-bond acceptors (Lipinski definition) is 2. The van der Waals surface area contributed by atoms with Crippen molar-refractivity contribution in [3.05, 3.63) is 71.3 Å². The molecule has 0 aromatic heterocycles.